The summed E-state index contributed by atoms with van der Waals surface area (Å²) in [6.45, 7) is 7.54. The maximum absolute atomic E-state index is 12.5. The zero-order chi connectivity index (χ0) is 16.1. The van der Waals surface area contributed by atoms with E-state index in [1.807, 2.05) is 13.8 Å². The van der Waals surface area contributed by atoms with Crippen molar-refractivity contribution < 1.29 is 18.3 Å². The van der Waals surface area contributed by atoms with Gasteiger partial charge in [0.25, 0.3) is 0 Å². The molecule has 0 spiro atoms. The van der Waals surface area contributed by atoms with Gasteiger partial charge in [-0.1, -0.05) is 20.8 Å². The molecule has 2 N–H and O–H groups in total. The molecular formula is C15H27NO4S. The second-order valence-electron chi connectivity index (χ2n) is 7.49. The smallest absolute Gasteiger partial charge is 0.212 e. The number of fused-ring (bicyclic) bond motifs is 2. The topological polar surface area (TPSA) is 83.5 Å². The van der Waals surface area contributed by atoms with Gasteiger partial charge >= 0.3 is 0 Å². The normalized spacial score (nSPS) is 34.1. The molecule has 2 aliphatic carbocycles. The van der Waals surface area contributed by atoms with Gasteiger partial charge in [-0.3, -0.25) is 4.79 Å². The molecule has 4 atom stereocenters. The van der Waals surface area contributed by atoms with Crippen LogP contribution in [-0.4, -0.2) is 37.7 Å². The summed E-state index contributed by atoms with van der Waals surface area (Å²) in [5, 5.41) is 9.13. The summed E-state index contributed by atoms with van der Waals surface area (Å²) in [5.41, 5.74) is -0.976. The third-order valence-electron chi connectivity index (χ3n) is 6.08. The Balaban J connectivity index is 2.18. The average Bonchev–Trinajstić information content (AvgIpc) is 2.70. The number of hydrogen-bond donors (Lipinski definition) is 2. The van der Waals surface area contributed by atoms with Crippen LogP contribution in [0.4, 0.5) is 0 Å². The lowest BCUT2D eigenvalue weighted by Crippen LogP contribution is -2.48. The predicted octanol–water partition coefficient (Wildman–Crippen LogP) is 1.32. The summed E-state index contributed by atoms with van der Waals surface area (Å²) >= 11 is 0. The van der Waals surface area contributed by atoms with Crippen molar-refractivity contribution in [1.29, 1.82) is 0 Å². The van der Waals surface area contributed by atoms with Crippen LogP contribution in [0, 0.1) is 22.7 Å². The van der Waals surface area contributed by atoms with Gasteiger partial charge in [-0.05, 0) is 37.0 Å². The minimum absolute atomic E-state index is 0.0681. The molecule has 0 heterocycles. The van der Waals surface area contributed by atoms with E-state index in [0.29, 0.717) is 18.8 Å². The van der Waals surface area contributed by atoms with Crippen LogP contribution in [0.1, 0.15) is 47.0 Å². The van der Waals surface area contributed by atoms with Gasteiger partial charge in [-0.25, -0.2) is 13.1 Å². The molecule has 21 heavy (non-hydrogen) atoms. The first-order chi connectivity index (χ1) is 9.56. The summed E-state index contributed by atoms with van der Waals surface area (Å²) in [6, 6.07) is -0.340. The molecule has 2 aliphatic rings. The number of nitrogens with one attached hydrogen (secondary N) is 1. The first-order valence-corrected chi connectivity index (χ1v) is 9.35. The lowest BCUT2D eigenvalue weighted by Gasteiger charge is -2.36. The van der Waals surface area contributed by atoms with E-state index in [2.05, 4.69) is 4.72 Å². The second-order valence-corrected chi connectivity index (χ2v) is 9.25. The van der Waals surface area contributed by atoms with Gasteiger partial charge in [0.1, 0.15) is 5.78 Å². The first-order valence-electron chi connectivity index (χ1n) is 7.70. The molecule has 6 heteroatoms. The van der Waals surface area contributed by atoms with E-state index in [4.69, 9.17) is 5.11 Å². The molecule has 0 unspecified atom stereocenters. The maximum Gasteiger partial charge on any atom is 0.212 e. The van der Waals surface area contributed by atoms with Gasteiger partial charge in [0.05, 0.1) is 5.75 Å². The van der Waals surface area contributed by atoms with Gasteiger partial charge in [0.15, 0.2) is 0 Å². The molecule has 0 aromatic heterocycles. The number of aliphatic hydroxyl groups is 1. The number of ketones is 1. The van der Waals surface area contributed by atoms with E-state index < -0.39 is 15.4 Å². The molecule has 0 aromatic rings. The molecule has 0 aromatic carbocycles. The largest absolute Gasteiger partial charge is 0.396 e. The highest BCUT2D eigenvalue weighted by Gasteiger charge is 2.65. The summed E-state index contributed by atoms with van der Waals surface area (Å²) < 4.78 is 27.6. The van der Waals surface area contributed by atoms with Crippen molar-refractivity contribution in [3.63, 3.8) is 0 Å². The standard InChI is InChI=1S/C15H27NO4S/c1-10(8-17)11(2)16-21(19,20)9-15-6-5-12(7-13(15)18)14(15,3)4/h10-12,16-17H,5-9H2,1-4H3/t10-,11+,12-,15-/m0/s1. The highest BCUT2D eigenvalue weighted by atomic mass is 32.2. The number of sulfonamides is 1. The van der Waals surface area contributed by atoms with Gasteiger partial charge in [-0.15, -0.1) is 0 Å². The SMILES string of the molecule is C[C@@H](CO)[C@@H](C)NS(=O)(=O)C[C@@]12CC[C@@H](CC1=O)C2(C)C. The van der Waals surface area contributed by atoms with E-state index in [9.17, 15) is 13.2 Å². The predicted molar refractivity (Wildman–Crippen MR) is 81.2 cm³/mol. The first kappa shape index (κ1) is 16.9. The third-order valence-corrected chi connectivity index (χ3v) is 7.69. The Morgan fingerprint density at radius 3 is 2.43 bits per heavy atom. The Morgan fingerprint density at radius 1 is 1.38 bits per heavy atom. The number of aliphatic hydroxyl groups excluding tert-OH is 1. The monoisotopic (exact) mass is 317 g/mol. The van der Waals surface area contributed by atoms with Crippen molar-refractivity contribution >= 4 is 15.8 Å². The Labute approximate surface area is 127 Å². The lowest BCUT2D eigenvalue weighted by molar-refractivity contribution is -0.128. The van der Waals surface area contributed by atoms with Crippen molar-refractivity contribution in [2.45, 2.75) is 53.0 Å². The summed E-state index contributed by atoms with van der Waals surface area (Å²) in [6.07, 6.45) is 2.14. The van der Waals surface area contributed by atoms with Crippen LogP contribution in [0.15, 0.2) is 0 Å². The van der Waals surface area contributed by atoms with Gasteiger partial charge in [0, 0.05) is 24.5 Å². The number of Topliss-reactive ketones (excluding diaryl/α,β-unsaturated/α-hetero) is 1. The van der Waals surface area contributed by atoms with E-state index >= 15 is 0 Å². The number of carbonyl (C=O) groups excluding carboxylic acids is 1. The van der Waals surface area contributed by atoms with E-state index in [1.165, 1.54) is 0 Å². The minimum atomic E-state index is -3.55. The molecule has 2 rings (SSSR count). The zero-order valence-corrected chi connectivity index (χ0v) is 14.2. The van der Waals surface area contributed by atoms with E-state index in [-0.39, 0.29) is 35.5 Å². The molecule has 2 bridgehead atoms. The van der Waals surface area contributed by atoms with Crippen molar-refractivity contribution in [1.82, 2.24) is 4.72 Å². The van der Waals surface area contributed by atoms with Crippen LogP contribution in [-0.2, 0) is 14.8 Å². The number of hydrogen-bond acceptors (Lipinski definition) is 4. The van der Waals surface area contributed by atoms with Crippen LogP contribution in [0.5, 0.6) is 0 Å². The van der Waals surface area contributed by atoms with Gasteiger partial charge in [0.2, 0.25) is 10.0 Å². The lowest BCUT2D eigenvalue weighted by atomic mass is 9.70. The zero-order valence-electron chi connectivity index (χ0n) is 13.3. The van der Waals surface area contributed by atoms with Crippen molar-refractivity contribution in [2.75, 3.05) is 12.4 Å². The molecule has 0 aliphatic heterocycles. The minimum Gasteiger partial charge on any atom is -0.396 e. The Bertz CT molecular complexity index is 528. The van der Waals surface area contributed by atoms with E-state index in [1.54, 1.807) is 13.8 Å². The van der Waals surface area contributed by atoms with Crippen molar-refractivity contribution in [3.05, 3.63) is 0 Å². The van der Waals surface area contributed by atoms with Crippen LogP contribution >= 0.6 is 0 Å². The fourth-order valence-electron chi connectivity index (χ4n) is 4.03. The van der Waals surface area contributed by atoms with Crippen LogP contribution in [0.25, 0.3) is 0 Å². The van der Waals surface area contributed by atoms with E-state index in [0.717, 1.165) is 6.42 Å². The highest BCUT2D eigenvalue weighted by molar-refractivity contribution is 7.89. The molecule has 0 saturated heterocycles. The molecule has 2 saturated carbocycles. The van der Waals surface area contributed by atoms with Gasteiger partial charge < -0.3 is 5.11 Å². The molecular weight excluding hydrogens is 290 g/mol. The number of carbonyl (C=O) groups is 1. The van der Waals surface area contributed by atoms with Crippen molar-refractivity contribution in [2.24, 2.45) is 22.7 Å². The van der Waals surface area contributed by atoms with Crippen LogP contribution in [0.2, 0.25) is 0 Å². The van der Waals surface area contributed by atoms with Crippen LogP contribution < -0.4 is 4.72 Å². The summed E-state index contributed by atoms with van der Waals surface area (Å²) in [7, 11) is -3.55. The van der Waals surface area contributed by atoms with Crippen LogP contribution in [0.3, 0.4) is 0 Å². The Morgan fingerprint density at radius 2 is 2.00 bits per heavy atom. The molecule has 2 fully saturated rings. The number of rotatable bonds is 6. The molecule has 5 nitrogen and oxygen atoms in total. The highest BCUT2D eigenvalue weighted by Crippen LogP contribution is 2.64. The Kier molecular flexibility index (Phi) is 4.28. The second kappa shape index (κ2) is 5.32. The summed E-state index contributed by atoms with van der Waals surface area (Å²) in [5.74, 6) is 0.150. The Hall–Kier alpha value is -0.460. The van der Waals surface area contributed by atoms with Crippen molar-refractivity contribution in [3.8, 4) is 0 Å². The average molecular weight is 317 g/mol. The summed E-state index contributed by atoms with van der Waals surface area (Å²) in [4.78, 5) is 12.4. The fraction of sp³-hybridized carbons (Fsp3) is 0.933. The maximum atomic E-state index is 12.5. The fourth-order valence-corrected chi connectivity index (χ4v) is 6.24. The molecule has 0 amide bonds. The molecule has 0 radical (unpaired) electrons. The quantitative estimate of drug-likeness (QED) is 0.774. The molecule has 122 valence electrons. The van der Waals surface area contributed by atoms with Gasteiger partial charge in [-0.2, -0.15) is 0 Å². The third kappa shape index (κ3) is 2.66.